The fourth-order valence-electron chi connectivity index (χ4n) is 2.52. The van der Waals surface area contributed by atoms with Gasteiger partial charge in [-0.3, -0.25) is 14.9 Å². The van der Waals surface area contributed by atoms with Crippen LogP contribution >= 0.6 is 0 Å². The van der Waals surface area contributed by atoms with Gasteiger partial charge in [0.15, 0.2) is 0 Å². The average molecular weight is 345 g/mol. The molecule has 4 N–H and O–H groups in total. The van der Waals surface area contributed by atoms with E-state index in [4.69, 9.17) is 5.11 Å². The summed E-state index contributed by atoms with van der Waals surface area (Å²) >= 11 is 0. The van der Waals surface area contributed by atoms with E-state index in [9.17, 15) is 24.6 Å². The number of fused-ring (bicyclic) bond motifs is 1. The second-order valence-electron chi connectivity index (χ2n) is 5.91. The lowest BCUT2D eigenvalue weighted by atomic mass is 9.99. The third kappa shape index (κ3) is 3.88. The number of aliphatic carboxylic acids is 1. The first-order valence-corrected chi connectivity index (χ1v) is 7.71. The van der Waals surface area contributed by atoms with Gasteiger partial charge in [0.25, 0.3) is 11.8 Å². The van der Waals surface area contributed by atoms with Crippen molar-refractivity contribution in [2.75, 3.05) is 0 Å². The van der Waals surface area contributed by atoms with Gasteiger partial charge in [0.2, 0.25) is 0 Å². The summed E-state index contributed by atoms with van der Waals surface area (Å²) in [6.45, 7) is 3.37. The number of phenolic OH excluding ortho intramolecular Hbond substituents is 2. The van der Waals surface area contributed by atoms with E-state index in [1.54, 1.807) is 12.2 Å². The van der Waals surface area contributed by atoms with Crippen molar-refractivity contribution in [1.82, 2.24) is 5.32 Å². The maximum Gasteiger partial charge on any atom is 0.330 e. The zero-order valence-corrected chi connectivity index (χ0v) is 13.9. The summed E-state index contributed by atoms with van der Waals surface area (Å²) in [7, 11) is 0. The minimum atomic E-state index is -0.956. The number of phenols is 2. The number of carbonyl (C=O) groups is 3. The first-order valence-electron chi connectivity index (χ1n) is 7.71. The fraction of sp³-hybridized carbons (Fsp3) is 0.278. The number of benzene rings is 1. The van der Waals surface area contributed by atoms with Crippen LogP contribution in [0, 0.1) is 0 Å². The molecule has 0 aliphatic carbocycles. The van der Waals surface area contributed by atoms with Crippen molar-refractivity contribution in [3.8, 4) is 11.5 Å². The average Bonchev–Trinajstić information content (AvgIpc) is 2.81. The Kier molecular flexibility index (Phi) is 5.26. The monoisotopic (exact) mass is 345 g/mol. The van der Waals surface area contributed by atoms with Crippen molar-refractivity contribution in [3.63, 3.8) is 0 Å². The van der Waals surface area contributed by atoms with Crippen LogP contribution < -0.4 is 5.32 Å². The second kappa shape index (κ2) is 7.21. The fourth-order valence-corrected chi connectivity index (χ4v) is 2.52. The summed E-state index contributed by atoms with van der Waals surface area (Å²) in [6, 6.07) is 1.17. The predicted octanol–water partition coefficient (Wildman–Crippen LogP) is 2.28. The Morgan fingerprint density at radius 3 is 2.48 bits per heavy atom. The minimum Gasteiger partial charge on any atom is -0.507 e. The van der Waals surface area contributed by atoms with Crippen LogP contribution in [-0.2, 0) is 11.2 Å². The largest absolute Gasteiger partial charge is 0.507 e. The summed E-state index contributed by atoms with van der Waals surface area (Å²) in [4.78, 5) is 34.0. The molecule has 0 saturated heterocycles. The number of carboxylic acid groups (broad SMARTS) is 1. The molecule has 0 aromatic heterocycles. The van der Waals surface area contributed by atoms with Crippen LogP contribution in [0.2, 0.25) is 0 Å². The molecule has 0 radical (unpaired) electrons. The van der Waals surface area contributed by atoms with Crippen molar-refractivity contribution < 1.29 is 29.7 Å². The predicted molar refractivity (Wildman–Crippen MR) is 89.7 cm³/mol. The number of allylic oxidation sites excluding steroid dienone is 3. The molecule has 1 heterocycles. The third-order valence-electron chi connectivity index (χ3n) is 4.06. The first kappa shape index (κ1) is 18.3. The second-order valence-corrected chi connectivity index (χ2v) is 5.91. The summed E-state index contributed by atoms with van der Waals surface area (Å²) in [5.74, 6) is -2.95. The maximum absolute atomic E-state index is 11.7. The third-order valence-corrected chi connectivity index (χ3v) is 4.06. The van der Waals surface area contributed by atoms with Crippen molar-refractivity contribution in [2.45, 2.75) is 33.1 Å². The Morgan fingerprint density at radius 1 is 1.16 bits per heavy atom. The molecule has 7 heteroatoms. The van der Waals surface area contributed by atoms with Gasteiger partial charge in [-0.25, -0.2) is 4.79 Å². The summed E-state index contributed by atoms with van der Waals surface area (Å²) in [5.41, 5.74) is 1.22. The molecule has 1 aliphatic rings. The van der Waals surface area contributed by atoms with Gasteiger partial charge in [0.1, 0.15) is 11.5 Å². The van der Waals surface area contributed by atoms with Crippen LogP contribution in [0.1, 0.15) is 53.0 Å². The van der Waals surface area contributed by atoms with E-state index < -0.39 is 23.5 Å². The Balaban J connectivity index is 2.15. The standard InChI is InChI=1S/C18H19NO6/c1-9(4-3-5-10(2)18(24)25)6-7-11-13(20)8-12-14(15(11)21)17(23)19-16(12)22/h5-6,8,20-21H,3-4,7H2,1-2H3,(H,24,25)(H,19,22,23). The van der Waals surface area contributed by atoms with Crippen LogP contribution in [0.25, 0.3) is 0 Å². The minimum absolute atomic E-state index is 0.0428. The summed E-state index contributed by atoms with van der Waals surface area (Å²) in [6.07, 6.45) is 4.76. The number of imide groups is 1. The van der Waals surface area contributed by atoms with E-state index in [-0.39, 0.29) is 34.4 Å². The molecule has 1 aliphatic heterocycles. The Labute approximate surface area is 144 Å². The lowest BCUT2D eigenvalue weighted by molar-refractivity contribution is -0.132. The van der Waals surface area contributed by atoms with Gasteiger partial charge in [-0.05, 0) is 39.2 Å². The highest BCUT2D eigenvalue weighted by atomic mass is 16.4. The Morgan fingerprint density at radius 2 is 1.84 bits per heavy atom. The maximum atomic E-state index is 11.7. The molecular weight excluding hydrogens is 326 g/mol. The smallest absolute Gasteiger partial charge is 0.330 e. The highest BCUT2D eigenvalue weighted by Gasteiger charge is 2.32. The molecule has 0 fully saturated rings. The molecule has 0 bridgehead atoms. The van der Waals surface area contributed by atoms with E-state index in [2.05, 4.69) is 5.32 Å². The number of aromatic hydroxyl groups is 2. The molecule has 0 spiro atoms. The van der Waals surface area contributed by atoms with Crippen LogP contribution in [0.5, 0.6) is 11.5 Å². The molecule has 2 amide bonds. The van der Waals surface area contributed by atoms with Crippen molar-refractivity contribution in [2.24, 2.45) is 0 Å². The van der Waals surface area contributed by atoms with Gasteiger partial charge >= 0.3 is 5.97 Å². The van der Waals surface area contributed by atoms with E-state index in [1.165, 1.54) is 13.0 Å². The van der Waals surface area contributed by atoms with Crippen LogP contribution in [-0.4, -0.2) is 33.1 Å². The molecule has 1 aromatic carbocycles. The number of hydrogen-bond donors (Lipinski definition) is 4. The molecule has 0 unspecified atom stereocenters. The molecule has 2 rings (SSSR count). The van der Waals surface area contributed by atoms with Gasteiger partial charge in [-0.1, -0.05) is 17.7 Å². The van der Waals surface area contributed by atoms with Crippen molar-refractivity contribution in [1.29, 1.82) is 0 Å². The normalized spacial score (nSPS) is 14.5. The molecule has 7 nitrogen and oxygen atoms in total. The molecular formula is C18H19NO6. The Bertz CT molecular complexity index is 819. The highest BCUT2D eigenvalue weighted by Crippen LogP contribution is 2.36. The van der Waals surface area contributed by atoms with Gasteiger partial charge in [-0.15, -0.1) is 0 Å². The van der Waals surface area contributed by atoms with Crippen LogP contribution in [0.15, 0.2) is 29.4 Å². The summed E-state index contributed by atoms with van der Waals surface area (Å²) < 4.78 is 0. The van der Waals surface area contributed by atoms with Gasteiger partial charge in [0, 0.05) is 11.1 Å². The SMILES string of the molecule is CC(=CCc1c(O)cc2c(c1O)C(=O)NC2=O)CCC=C(C)C(=O)O. The van der Waals surface area contributed by atoms with Crippen molar-refractivity contribution >= 4 is 17.8 Å². The lowest BCUT2D eigenvalue weighted by Gasteiger charge is -2.09. The highest BCUT2D eigenvalue weighted by molar-refractivity contribution is 6.23. The number of carboxylic acids is 1. The molecule has 132 valence electrons. The quantitative estimate of drug-likeness (QED) is 0.356. The molecule has 25 heavy (non-hydrogen) atoms. The number of hydrogen-bond acceptors (Lipinski definition) is 5. The number of amides is 2. The first-order chi connectivity index (χ1) is 11.7. The zero-order valence-electron chi connectivity index (χ0n) is 13.9. The zero-order chi connectivity index (χ0) is 18.7. The summed E-state index contributed by atoms with van der Waals surface area (Å²) in [5, 5.41) is 31.1. The van der Waals surface area contributed by atoms with E-state index in [0.29, 0.717) is 12.8 Å². The topological polar surface area (TPSA) is 124 Å². The van der Waals surface area contributed by atoms with E-state index in [0.717, 1.165) is 5.57 Å². The van der Waals surface area contributed by atoms with E-state index >= 15 is 0 Å². The number of nitrogens with one attached hydrogen (secondary N) is 1. The lowest BCUT2D eigenvalue weighted by Crippen LogP contribution is -2.19. The van der Waals surface area contributed by atoms with E-state index in [1.807, 2.05) is 6.92 Å². The van der Waals surface area contributed by atoms with Gasteiger partial charge < -0.3 is 15.3 Å². The van der Waals surface area contributed by atoms with Crippen LogP contribution in [0.4, 0.5) is 0 Å². The van der Waals surface area contributed by atoms with Crippen molar-refractivity contribution in [3.05, 3.63) is 46.1 Å². The molecule has 0 saturated carbocycles. The number of rotatable bonds is 6. The van der Waals surface area contributed by atoms with Gasteiger partial charge in [-0.2, -0.15) is 0 Å². The number of carbonyl (C=O) groups excluding carboxylic acids is 2. The molecule has 0 atom stereocenters. The van der Waals surface area contributed by atoms with Gasteiger partial charge in [0.05, 0.1) is 11.1 Å². The molecule has 1 aromatic rings. The van der Waals surface area contributed by atoms with Crippen LogP contribution in [0.3, 0.4) is 0 Å². The Hall–Kier alpha value is -3.09.